The number of hydrogen-bond acceptors (Lipinski definition) is 10. The molecule has 0 amide bonds. The third-order valence-electron chi connectivity index (χ3n) is 24.1. The summed E-state index contributed by atoms with van der Waals surface area (Å²) in [6.45, 7) is 5.10. The first-order valence-corrected chi connectivity index (χ1v) is 36.8. The summed E-state index contributed by atoms with van der Waals surface area (Å²) in [5, 5.41) is 0. The van der Waals surface area contributed by atoms with Crippen LogP contribution >= 0.6 is 0 Å². The molecule has 8 rings (SSSR count). The summed E-state index contributed by atoms with van der Waals surface area (Å²) in [7, 11) is 9.47. The SMILES string of the molecule is COC1CCC(C2CCC(N(C3CCC(CCC[Si](OC)(OC)OC)CC3)C3CCC(C4CCC(N(C5CCC(CCC[Si](OC)(OC)OC)CC5)C5CCC(C6CCC(OC)CC6C)CC5)CC4)CC3)CC2)C(C)C1. The molecule has 8 fully saturated rings. The van der Waals surface area contributed by atoms with Crippen LogP contribution in [0.4, 0.5) is 0 Å². The molecule has 0 aliphatic heterocycles. The van der Waals surface area contributed by atoms with Gasteiger partial charge in [-0.25, -0.2) is 0 Å². The fourth-order valence-corrected chi connectivity index (χ4v) is 23.0. The standard InChI is InChI=1S/C64H120N2O8Si2/c1-47-45-61(67-3)39-41-63(47)53-23-35-59(36-24-53)65(55-27-15-49(16-28-55)13-11-43-75(69-5,70-6)71-7)57-31-19-51(20-32-57)52-21-33-58(34-22-52)66(56-29-17-50(18-30-56)14-12-44-76(72-8,73-9)74-10)60-37-25-54(26-38-60)64-42-40-62(68-4)46-48(64)2/h47-64H,11-46H2,1-10H3. The fourth-order valence-electron chi connectivity index (χ4n) is 19.5. The molecular weight excluding hydrogens is 981 g/mol. The predicted octanol–water partition coefficient (Wildman–Crippen LogP) is 15.2. The lowest BCUT2D eigenvalue weighted by molar-refractivity contribution is -0.0269. The van der Waals surface area contributed by atoms with E-state index in [1.807, 2.05) is 14.2 Å². The minimum Gasteiger partial charge on any atom is -0.381 e. The summed E-state index contributed by atoms with van der Waals surface area (Å²) >= 11 is 0. The number of hydrogen-bond donors (Lipinski definition) is 0. The van der Waals surface area contributed by atoms with E-state index >= 15 is 0 Å². The number of ether oxygens (including phenoxy) is 2. The van der Waals surface area contributed by atoms with Crippen molar-refractivity contribution in [2.75, 3.05) is 56.9 Å². The molecule has 6 unspecified atom stereocenters. The molecule has 0 bridgehead atoms. The summed E-state index contributed by atoms with van der Waals surface area (Å²) in [6.07, 6.45) is 48.3. The molecule has 0 aromatic rings. The van der Waals surface area contributed by atoms with Gasteiger partial charge in [0, 0.05) is 105 Å². The van der Waals surface area contributed by atoms with Gasteiger partial charge in [-0.1, -0.05) is 26.7 Å². The first-order valence-electron chi connectivity index (χ1n) is 32.9. The Hall–Kier alpha value is 0.0338. The highest BCUT2D eigenvalue weighted by molar-refractivity contribution is 6.60. The van der Waals surface area contributed by atoms with E-state index in [0.29, 0.717) is 12.2 Å². The maximum atomic E-state index is 5.86. The van der Waals surface area contributed by atoms with Gasteiger partial charge in [-0.05, 0) is 265 Å². The van der Waals surface area contributed by atoms with Gasteiger partial charge in [-0.3, -0.25) is 9.80 Å². The van der Waals surface area contributed by atoms with Crippen LogP contribution in [0, 0.1) is 59.2 Å². The molecule has 8 aliphatic rings. The smallest absolute Gasteiger partial charge is 0.381 e. The summed E-state index contributed by atoms with van der Waals surface area (Å²) < 4.78 is 46.5. The zero-order valence-corrected chi connectivity index (χ0v) is 53.0. The highest BCUT2D eigenvalue weighted by Gasteiger charge is 2.46. The quantitative estimate of drug-likeness (QED) is 0.0825. The van der Waals surface area contributed by atoms with Crippen molar-refractivity contribution in [1.29, 1.82) is 0 Å². The number of methoxy groups -OCH3 is 2. The lowest BCUT2D eigenvalue weighted by Gasteiger charge is -2.52. The molecule has 8 saturated carbocycles. The van der Waals surface area contributed by atoms with E-state index in [1.165, 1.54) is 205 Å². The van der Waals surface area contributed by atoms with Crippen LogP contribution in [0.25, 0.3) is 0 Å². The summed E-state index contributed by atoms with van der Waals surface area (Å²) in [4.78, 5) is 6.54. The monoisotopic (exact) mass is 1100 g/mol. The first-order chi connectivity index (χ1) is 37.0. The van der Waals surface area contributed by atoms with Crippen molar-refractivity contribution in [1.82, 2.24) is 9.80 Å². The predicted molar refractivity (Wildman–Crippen MR) is 314 cm³/mol. The van der Waals surface area contributed by atoms with Crippen LogP contribution in [0.2, 0.25) is 12.1 Å². The van der Waals surface area contributed by atoms with Gasteiger partial charge < -0.3 is 36.0 Å². The fraction of sp³-hybridized carbons (Fsp3) is 1.00. The maximum Gasteiger partial charge on any atom is 0.500 e. The molecule has 0 N–H and O–H groups in total. The third-order valence-corrected chi connectivity index (χ3v) is 29.8. The summed E-state index contributed by atoms with van der Waals surface area (Å²) in [5.74, 6) is 8.86. The molecule has 12 heteroatoms. The molecule has 0 spiro atoms. The van der Waals surface area contributed by atoms with E-state index in [1.54, 1.807) is 42.7 Å². The van der Waals surface area contributed by atoms with Crippen molar-refractivity contribution >= 4 is 17.6 Å². The molecule has 8 aliphatic carbocycles. The van der Waals surface area contributed by atoms with Crippen LogP contribution in [-0.2, 0) is 36.0 Å². The van der Waals surface area contributed by atoms with Gasteiger partial charge in [0.05, 0.1) is 12.2 Å². The molecule has 0 aromatic heterocycles. The largest absolute Gasteiger partial charge is 0.500 e. The van der Waals surface area contributed by atoms with Crippen molar-refractivity contribution in [2.24, 2.45) is 59.2 Å². The molecular formula is C64H120N2O8Si2. The highest BCUT2D eigenvalue weighted by Crippen LogP contribution is 2.49. The molecule has 0 saturated heterocycles. The van der Waals surface area contributed by atoms with Gasteiger partial charge in [0.1, 0.15) is 0 Å². The van der Waals surface area contributed by atoms with E-state index in [4.69, 9.17) is 36.0 Å². The summed E-state index contributed by atoms with van der Waals surface area (Å²) in [5.41, 5.74) is 0. The molecule has 442 valence electrons. The van der Waals surface area contributed by atoms with Gasteiger partial charge in [-0.15, -0.1) is 0 Å². The zero-order valence-electron chi connectivity index (χ0n) is 51.0. The minimum atomic E-state index is -2.50. The van der Waals surface area contributed by atoms with Gasteiger partial charge in [0.15, 0.2) is 0 Å². The molecule has 6 atom stereocenters. The lowest BCUT2D eigenvalue weighted by Crippen LogP contribution is -2.54. The van der Waals surface area contributed by atoms with E-state index in [-0.39, 0.29) is 0 Å². The Labute approximate surface area is 470 Å². The minimum absolute atomic E-state index is 0.489. The zero-order chi connectivity index (χ0) is 53.7. The Kier molecular flexibility index (Phi) is 25.0. The van der Waals surface area contributed by atoms with E-state index < -0.39 is 17.6 Å². The molecule has 10 nitrogen and oxygen atoms in total. The van der Waals surface area contributed by atoms with Crippen molar-refractivity contribution in [3.63, 3.8) is 0 Å². The molecule has 0 heterocycles. The number of rotatable bonds is 25. The molecule has 76 heavy (non-hydrogen) atoms. The average Bonchev–Trinajstić information content (AvgIpc) is 3.47. The number of nitrogens with zero attached hydrogens (tertiary/aromatic N) is 2. The van der Waals surface area contributed by atoms with Crippen LogP contribution < -0.4 is 0 Å². The van der Waals surface area contributed by atoms with Crippen molar-refractivity contribution in [3.8, 4) is 0 Å². The molecule has 0 radical (unpaired) electrons. The third kappa shape index (κ3) is 15.8. The van der Waals surface area contributed by atoms with Crippen LogP contribution in [-0.4, -0.2) is 133 Å². The second-order valence-electron chi connectivity index (χ2n) is 27.5. The highest BCUT2D eigenvalue weighted by atomic mass is 28.4. The normalized spacial score (nSPS) is 39.6. The Morgan fingerprint density at radius 2 is 0.579 bits per heavy atom. The Bertz CT molecular complexity index is 1460. The average molecular weight is 1100 g/mol. The Morgan fingerprint density at radius 3 is 0.829 bits per heavy atom. The van der Waals surface area contributed by atoms with Gasteiger partial charge in [0.25, 0.3) is 0 Å². The maximum absolute atomic E-state index is 5.86. The van der Waals surface area contributed by atoms with Crippen molar-refractivity contribution in [3.05, 3.63) is 0 Å². The van der Waals surface area contributed by atoms with Gasteiger partial charge in [0.2, 0.25) is 0 Å². The van der Waals surface area contributed by atoms with E-state index in [9.17, 15) is 0 Å². The van der Waals surface area contributed by atoms with Gasteiger partial charge in [-0.2, -0.15) is 0 Å². The van der Waals surface area contributed by atoms with Crippen molar-refractivity contribution < 1.29 is 36.0 Å². The first kappa shape index (κ1) is 62.1. The Morgan fingerprint density at radius 1 is 0.316 bits per heavy atom. The van der Waals surface area contributed by atoms with E-state index in [2.05, 4.69) is 23.6 Å². The Balaban J connectivity index is 0.864. The summed E-state index contributed by atoms with van der Waals surface area (Å²) in [6, 6.07) is 6.62. The second kappa shape index (κ2) is 30.5. The lowest BCUT2D eigenvalue weighted by atomic mass is 9.66. The van der Waals surface area contributed by atoms with Crippen LogP contribution in [0.15, 0.2) is 0 Å². The van der Waals surface area contributed by atoms with Crippen LogP contribution in [0.1, 0.15) is 232 Å². The topological polar surface area (TPSA) is 80.3 Å². The molecule has 0 aromatic carbocycles. The van der Waals surface area contributed by atoms with Crippen molar-refractivity contribution in [2.45, 2.75) is 293 Å². The van der Waals surface area contributed by atoms with Gasteiger partial charge >= 0.3 is 17.6 Å². The van der Waals surface area contributed by atoms with E-state index in [0.717, 1.165) is 120 Å². The second-order valence-corrected chi connectivity index (χ2v) is 33.7. The van der Waals surface area contributed by atoms with Crippen LogP contribution in [0.5, 0.6) is 0 Å². The van der Waals surface area contributed by atoms with Crippen LogP contribution in [0.3, 0.4) is 0 Å².